The van der Waals surface area contributed by atoms with Crippen molar-refractivity contribution < 1.29 is 19.0 Å². The molecule has 130 valence electrons. The molecule has 24 heavy (non-hydrogen) atoms. The third-order valence-corrected chi connectivity index (χ3v) is 5.61. The van der Waals surface area contributed by atoms with Gasteiger partial charge in [-0.05, 0) is 32.3 Å². The number of hydrogen-bond acceptors (Lipinski definition) is 5. The molecule has 0 saturated carbocycles. The number of thioether (sulfide) groups is 1. The first-order valence-corrected chi connectivity index (χ1v) is 9.43. The van der Waals surface area contributed by atoms with Gasteiger partial charge in [0.2, 0.25) is 0 Å². The lowest BCUT2D eigenvalue weighted by Crippen LogP contribution is -2.27. The number of fused-ring (bicyclic) bond motifs is 1. The highest BCUT2D eigenvalue weighted by Crippen LogP contribution is 2.42. The zero-order valence-corrected chi connectivity index (χ0v) is 15.0. The molecule has 2 fully saturated rings. The van der Waals surface area contributed by atoms with E-state index in [9.17, 15) is 4.79 Å². The quantitative estimate of drug-likeness (QED) is 0.579. The summed E-state index contributed by atoms with van der Waals surface area (Å²) in [6, 6.07) is 9.69. The molecule has 1 unspecified atom stereocenters. The minimum atomic E-state index is -0.467. The van der Waals surface area contributed by atoms with E-state index in [-0.39, 0.29) is 18.2 Å². The average molecular weight is 348 g/mol. The second-order valence-corrected chi connectivity index (χ2v) is 7.86. The van der Waals surface area contributed by atoms with Crippen LogP contribution in [0.5, 0.6) is 0 Å². The molecule has 0 radical (unpaired) electrons. The van der Waals surface area contributed by atoms with Gasteiger partial charge in [0, 0.05) is 17.1 Å². The fourth-order valence-corrected chi connectivity index (χ4v) is 4.50. The van der Waals surface area contributed by atoms with Crippen LogP contribution in [0.1, 0.15) is 32.3 Å². The molecule has 0 N–H and O–H groups in total. The van der Waals surface area contributed by atoms with E-state index in [1.807, 2.05) is 62.0 Å². The zero-order chi connectivity index (χ0) is 17.0. The van der Waals surface area contributed by atoms with Gasteiger partial charge in [0.1, 0.15) is 6.61 Å². The summed E-state index contributed by atoms with van der Waals surface area (Å²) >= 11 is 1.90. The third kappa shape index (κ3) is 4.62. The number of hydrogen-bond donors (Lipinski definition) is 0. The van der Waals surface area contributed by atoms with Gasteiger partial charge in [-0.3, -0.25) is 0 Å². The summed E-state index contributed by atoms with van der Waals surface area (Å²) in [5.74, 6) is 0.227. The van der Waals surface area contributed by atoms with Crippen LogP contribution in [0.15, 0.2) is 42.5 Å². The van der Waals surface area contributed by atoms with Gasteiger partial charge in [-0.2, -0.15) is 11.8 Å². The predicted molar refractivity (Wildman–Crippen MR) is 94.7 cm³/mol. The van der Waals surface area contributed by atoms with E-state index in [0.29, 0.717) is 11.9 Å². The summed E-state index contributed by atoms with van der Waals surface area (Å²) in [6.45, 7) is 4.25. The van der Waals surface area contributed by atoms with Crippen molar-refractivity contribution in [3.05, 3.63) is 48.0 Å². The Morgan fingerprint density at radius 3 is 2.92 bits per heavy atom. The molecule has 3 rings (SSSR count). The number of rotatable bonds is 6. The molecular formula is C19H24O4S. The lowest BCUT2D eigenvalue weighted by molar-refractivity contribution is -0.145. The molecule has 3 atom stereocenters. The van der Waals surface area contributed by atoms with Crippen LogP contribution in [0.25, 0.3) is 0 Å². The third-order valence-electron chi connectivity index (χ3n) is 4.16. The first-order valence-electron chi connectivity index (χ1n) is 8.38. The van der Waals surface area contributed by atoms with Gasteiger partial charge in [-0.15, -0.1) is 0 Å². The molecule has 1 aromatic rings. The van der Waals surface area contributed by atoms with Crippen molar-refractivity contribution in [2.75, 3.05) is 5.75 Å². The van der Waals surface area contributed by atoms with Crippen molar-refractivity contribution in [3.8, 4) is 0 Å². The van der Waals surface area contributed by atoms with Crippen molar-refractivity contribution in [2.45, 2.75) is 56.5 Å². The molecule has 0 aromatic heterocycles. The van der Waals surface area contributed by atoms with Gasteiger partial charge >= 0.3 is 5.97 Å². The van der Waals surface area contributed by atoms with Crippen molar-refractivity contribution in [3.63, 3.8) is 0 Å². The SMILES string of the molecule is CC1(C)OC2CS[C@@H](CC/C=C/C(=O)OCc3ccccc3)[C@H]2O1. The van der Waals surface area contributed by atoms with Crippen LogP contribution in [0.2, 0.25) is 0 Å². The maximum atomic E-state index is 11.7. The molecule has 2 aliphatic rings. The Bertz CT molecular complexity index is 584. The number of benzene rings is 1. The molecule has 0 bridgehead atoms. The number of carbonyl (C=O) groups excluding carboxylic acids is 1. The number of esters is 1. The normalized spacial score (nSPS) is 28.2. The highest BCUT2D eigenvalue weighted by molar-refractivity contribution is 8.00. The fourth-order valence-electron chi connectivity index (χ4n) is 3.08. The molecule has 0 amide bonds. The molecule has 4 nitrogen and oxygen atoms in total. The summed E-state index contributed by atoms with van der Waals surface area (Å²) in [6.07, 6.45) is 5.61. The van der Waals surface area contributed by atoms with Crippen molar-refractivity contribution in [1.82, 2.24) is 0 Å². The van der Waals surface area contributed by atoms with E-state index in [1.165, 1.54) is 6.08 Å². The van der Waals surface area contributed by atoms with Gasteiger partial charge in [0.15, 0.2) is 5.79 Å². The second kappa shape index (κ2) is 7.72. The largest absolute Gasteiger partial charge is 0.458 e. The van der Waals surface area contributed by atoms with Crippen LogP contribution in [0.3, 0.4) is 0 Å². The Balaban J connectivity index is 1.37. The first-order chi connectivity index (χ1) is 11.5. The number of carbonyl (C=O) groups is 1. The second-order valence-electron chi connectivity index (χ2n) is 6.58. The lowest BCUT2D eigenvalue weighted by Gasteiger charge is -2.21. The highest BCUT2D eigenvalue weighted by Gasteiger charge is 2.48. The van der Waals surface area contributed by atoms with E-state index in [1.54, 1.807) is 0 Å². The molecule has 2 saturated heterocycles. The van der Waals surface area contributed by atoms with Gasteiger partial charge < -0.3 is 14.2 Å². The van der Waals surface area contributed by atoms with Crippen LogP contribution in [0, 0.1) is 0 Å². The summed E-state index contributed by atoms with van der Waals surface area (Å²) in [4.78, 5) is 11.7. The number of ether oxygens (including phenoxy) is 3. The van der Waals surface area contributed by atoms with Gasteiger partial charge in [0.25, 0.3) is 0 Å². The molecule has 2 heterocycles. The van der Waals surface area contributed by atoms with Crippen molar-refractivity contribution in [2.24, 2.45) is 0 Å². The van der Waals surface area contributed by atoms with Crippen molar-refractivity contribution in [1.29, 1.82) is 0 Å². The molecule has 1 aromatic carbocycles. The summed E-state index contributed by atoms with van der Waals surface area (Å²) in [5.41, 5.74) is 0.994. The fraction of sp³-hybridized carbons (Fsp3) is 0.526. The first kappa shape index (κ1) is 17.5. The Hall–Kier alpha value is -1.30. The van der Waals surface area contributed by atoms with Crippen LogP contribution in [-0.2, 0) is 25.6 Å². The standard InChI is InChI=1S/C19H24O4S/c1-19(2)22-15-13-24-16(18(15)23-19)10-6-7-11-17(20)21-12-14-8-4-3-5-9-14/h3-5,7-9,11,15-16,18H,6,10,12-13H2,1-2H3/b11-7+/t15?,16-,18-/m0/s1. The molecule has 0 spiro atoms. The Morgan fingerprint density at radius 2 is 2.12 bits per heavy atom. The van der Waals surface area contributed by atoms with E-state index >= 15 is 0 Å². The summed E-state index contributed by atoms with van der Waals surface area (Å²) in [7, 11) is 0. The maximum Gasteiger partial charge on any atom is 0.330 e. The minimum Gasteiger partial charge on any atom is -0.458 e. The van der Waals surface area contributed by atoms with Crippen LogP contribution in [0.4, 0.5) is 0 Å². The lowest BCUT2D eigenvalue weighted by atomic mass is 10.1. The zero-order valence-electron chi connectivity index (χ0n) is 14.1. The maximum absolute atomic E-state index is 11.7. The average Bonchev–Trinajstić information content (AvgIpc) is 3.06. The Kier molecular flexibility index (Phi) is 5.64. The van der Waals surface area contributed by atoms with E-state index in [0.717, 1.165) is 24.2 Å². The van der Waals surface area contributed by atoms with Crippen molar-refractivity contribution >= 4 is 17.7 Å². The van der Waals surface area contributed by atoms with E-state index in [2.05, 4.69) is 0 Å². The summed E-state index contributed by atoms with van der Waals surface area (Å²) in [5, 5.41) is 0.432. The number of allylic oxidation sites excluding steroid dienone is 1. The summed E-state index contributed by atoms with van der Waals surface area (Å²) < 4.78 is 17.1. The topological polar surface area (TPSA) is 44.8 Å². The Morgan fingerprint density at radius 1 is 1.33 bits per heavy atom. The van der Waals surface area contributed by atoms with Crippen LogP contribution >= 0.6 is 11.8 Å². The smallest absolute Gasteiger partial charge is 0.330 e. The van der Waals surface area contributed by atoms with Crippen LogP contribution in [-0.4, -0.2) is 35.0 Å². The molecule has 5 heteroatoms. The van der Waals surface area contributed by atoms with Gasteiger partial charge in [-0.1, -0.05) is 36.4 Å². The van der Waals surface area contributed by atoms with Crippen LogP contribution < -0.4 is 0 Å². The Labute approximate surface area is 147 Å². The molecule has 2 aliphatic heterocycles. The van der Waals surface area contributed by atoms with E-state index in [4.69, 9.17) is 14.2 Å². The predicted octanol–water partition coefficient (Wildman–Crippen LogP) is 3.70. The van der Waals surface area contributed by atoms with Gasteiger partial charge in [-0.25, -0.2) is 4.79 Å². The molecule has 0 aliphatic carbocycles. The molecular weight excluding hydrogens is 324 g/mol. The highest BCUT2D eigenvalue weighted by atomic mass is 32.2. The van der Waals surface area contributed by atoms with E-state index < -0.39 is 5.79 Å². The van der Waals surface area contributed by atoms with Gasteiger partial charge in [0.05, 0.1) is 12.2 Å². The monoisotopic (exact) mass is 348 g/mol. The minimum absolute atomic E-state index is 0.170.